The van der Waals surface area contributed by atoms with Crippen molar-refractivity contribution >= 4 is 27.3 Å². The Labute approximate surface area is 189 Å². The summed E-state index contributed by atoms with van der Waals surface area (Å²) in [7, 11) is -4.07. The van der Waals surface area contributed by atoms with Gasteiger partial charge in [0.1, 0.15) is 12.3 Å². The number of carbonyl (C=O) groups excluding carboxylic acids is 1. The van der Waals surface area contributed by atoms with E-state index in [9.17, 15) is 26.4 Å². The number of benzene rings is 3. The number of alkyl halides is 3. The second-order valence-electron chi connectivity index (χ2n) is 7.28. The van der Waals surface area contributed by atoms with Crippen molar-refractivity contribution in [3.63, 3.8) is 0 Å². The van der Waals surface area contributed by atoms with Crippen LogP contribution in [0.5, 0.6) is 5.75 Å². The maximum absolute atomic E-state index is 13.3. The highest BCUT2D eigenvalue weighted by atomic mass is 32.2. The average Bonchev–Trinajstić information content (AvgIpc) is 2.73. The fraction of sp³-hybridized carbons (Fsp3) is 0.174. The molecular formula is C23H21F3N2O4S. The fourth-order valence-corrected chi connectivity index (χ4v) is 4.36. The van der Waals surface area contributed by atoms with Gasteiger partial charge in [-0.2, -0.15) is 0 Å². The Hall–Kier alpha value is -3.53. The van der Waals surface area contributed by atoms with Crippen LogP contribution in [0.15, 0.2) is 77.7 Å². The first-order valence-electron chi connectivity index (χ1n) is 9.76. The Morgan fingerprint density at radius 2 is 1.39 bits per heavy atom. The Morgan fingerprint density at radius 1 is 0.879 bits per heavy atom. The van der Waals surface area contributed by atoms with Crippen LogP contribution >= 0.6 is 0 Å². The summed E-state index contributed by atoms with van der Waals surface area (Å²) >= 11 is 0. The fourth-order valence-electron chi connectivity index (χ4n) is 2.93. The molecule has 0 aliphatic carbocycles. The number of amides is 1. The number of hydrogen-bond acceptors (Lipinski definition) is 4. The van der Waals surface area contributed by atoms with Crippen molar-refractivity contribution in [3.8, 4) is 5.75 Å². The summed E-state index contributed by atoms with van der Waals surface area (Å²) in [5.41, 5.74) is 2.28. The molecule has 0 heterocycles. The quantitative estimate of drug-likeness (QED) is 0.517. The molecule has 0 aliphatic rings. The Kier molecular flexibility index (Phi) is 6.97. The molecule has 0 saturated carbocycles. The summed E-state index contributed by atoms with van der Waals surface area (Å²) in [4.78, 5) is 12.7. The van der Waals surface area contributed by atoms with Crippen molar-refractivity contribution in [2.24, 2.45) is 0 Å². The molecule has 0 fully saturated rings. The molecular weight excluding hydrogens is 457 g/mol. The first-order valence-corrected chi connectivity index (χ1v) is 11.2. The van der Waals surface area contributed by atoms with Gasteiger partial charge >= 0.3 is 6.36 Å². The van der Waals surface area contributed by atoms with E-state index in [4.69, 9.17) is 0 Å². The van der Waals surface area contributed by atoms with Gasteiger partial charge in [-0.3, -0.25) is 9.10 Å². The van der Waals surface area contributed by atoms with E-state index in [0.29, 0.717) is 5.69 Å². The second kappa shape index (κ2) is 9.53. The van der Waals surface area contributed by atoms with Gasteiger partial charge in [0.2, 0.25) is 5.91 Å². The van der Waals surface area contributed by atoms with Gasteiger partial charge in [0.25, 0.3) is 10.0 Å². The highest BCUT2D eigenvalue weighted by Crippen LogP contribution is 2.26. The van der Waals surface area contributed by atoms with E-state index in [0.717, 1.165) is 27.6 Å². The molecule has 3 aromatic rings. The Bertz CT molecular complexity index is 1210. The smallest absolute Gasteiger partial charge is 0.406 e. The minimum atomic E-state index is -4.83. The lowest BCUT2D eigenvalue weighted by Gasteiger charge is -2.24. The van der Waals surface area contributed by atoms with Crippen LogP contribution in [0, 0.1) is 13.8 Å². The topological polar surface area (TPSA) is 75.7 Å². The van der Waals surface area contributed by atoms with E-state index >= 15 is 0 Å². The van der Waals surface area contributed by atoms with Crippen molar-refractivity contribution in [3.05, 3.63) is 83.9 Å². The minimum absolute atomic E-state index is 0.0233. The van der Waals surface area contributed by atoms with Crippen molar-refractivity contribution in [2.75, 3.05) is 16.2 Å². The van der Waals surface area contributed by atoms with Crippen LogP contribution < -0.4 is 14.4 Å². The third-order valence-corrected chi connectivity index (χ3v) is 6.38. The second-order valence-corrected chi connectivity index (χ2v) is 9.14. The molecule has 3 rings (SSSR count). The number of hydrogen-bond donors (Lipinski definition) is 1. The molecule has 6 nitrogen and oxygen atoms in total. The minimum Gasteiger partial charge on any atom is -0.406 e. The summed E-state index contributed by atoms with van der Waals surface area (Å²) < 4.78 is 68.3. The number of nitrogens with zero attached hydrogens (tertiary/aromatic N) is 1. The monoisotopic (exact) mass is 478 g/mol. The number of rotatable bonds is 7. The molecule has 0 bridgehead atoms. The lowest BCUT2D eigenvalue weighted by Crippen LogP contribution is -2.38. The van der Waals surface area contributed by atoms with Crippen LogP contribution in [0.1, 0.15) is 11.1 Å². The molecule has 0 unspecified atom stereocenters. The van der Waals surface area contributed by atoms with Gasteiger partial charge in [0, 0.05) is 5.69 Å². The third kappa shape index (κ3) is 6.48. The van der Waals surface area contributed by atoms with Crippen molar-refractivity contribution in [1.82, 2.24) is 0 Å². The zero-order valence-electron chi connectivity index (χ0n) is 17.8. The van der Waals surface area contributed by atoms with Gasteiger partial charge in [-0.15, -0.1) is 13.2 Å². The molecule has 174 valence electrons. The van der Waals surface area contributed by atoms with Gasteiger partial charge in [0.15, 0.2) is 0 Å². The molecule has 0 radical (unpaired) electrons. The van der Waals surface area contributed by atoms with Gasteiger partial charge in [-0.1, -0.05) is 35.4 Å². The number of carbonyl (C=O) groups is 1. The summed E-state index contributed by atoms with van der Waals surface area (Å²) in [5, 5.41) is 2.49. The maximum atomic E-state index is 13.3. The van der Waals surface area contributed by atoms with E-state index in [1.165, 1.54) is 24.3 Å². The number of ether oxygens (including phenoxy) is 1. The van der Waals surface area contributed by atoms with Crippen LogP contribution in [-0.2, 0) is 14.8 Å². The van der Waals surface area contributed by atoms with E-state index in [1.807, 2.05) is 13.8 Å². The maximum Gasteiger partial charge on any atom is 0.573 e. The molecule has 0 aliphatic heterocycles. The lowest BCUT2D eigenvalue weighted by atomic mass is 10.2. The van der Waals surface area contributed by atoms with E-state index < -0.39 is 34.6 Å². The van der Waals surface area contributed by atoms with Gasteiger partial charge in [-0.05, 0) is 62.4 Å². The van der Waals surface area contributed by atoms with Crippen LogP contribution in [0.3, 0.4) is 0 Å². The summed E-state index contributed by atoms with van der Waals surface area (Å²) in [6.07, 6.45) is -4.83. The molecule has 1 amide bonds. The van der Waals surface area contributed by atoms with Crippen molar-refractivity contribution in [2.45, 2.75) is 25.1 Å². The van der Waals surface area contributed by atoms with E-state index in [2.05, 4.69) is 10.1 Å². The van der Waals surface area contributed by atoms with Crippen LogP contribution in [-0.4, -0.2) is 27.2 Å². The zero-order valence-corrected chi connectivity index (χ0v) is 18.6. The Morgan fingerprint density at radius 3 is 1.91 bits per heavy atom. The summed E-state index contributed by atoms with van der Waals surface area (Å²) in [5.74, 6) is -1.11. The zero-order chi connectivity index (χ0) is 24.2. The largest absolute Gasteiger partial charge is 0.573 e. The Balaban J connectivity index is 1.83. The molecule has 0 atom stereocenters. The number of halogens is 3. The standard InChI is InChI=1S/C23H21F3N2O4S/c1-16-3-9-19(10-4-16)28(33(30,31)21-13-5-17(2)6-14-21)15-22(29)27-18-7-11-20(12-8-18)32-23(24,25)26/h3-14H,15H2,1-2H3,(H,27,29). The number of sulfonamides is 1. The van der Waals surface area contributed by atoms with Gasteiger partial charge < -0.3 is 10.1 Å². The predicted molar refractivity (Wildman–Crippen MR) is 119 cm³/mol. The number of anilines is 2. The normalized spacial score (nSPS) is 11.7. The SMILES string of the molecule is Cc1ccc(N(CC(=O)Nc2ccc(OC(F)(F)F)cc2)S(=O)(=O)c2ccc(C)cc2)cc1. The highest BCUT2D eigenvalue weighted by Gasteiger charge is 2.31. The van der Waals surface area contributed by atoms with Crippen LogP contribution in [0.25, 0.3) is 0 Å². The van der Waals surface area contributed by atoms with E-state index in [1.54, 1.807) is 36.4 Å². The third-order valence-electron chi connectivity index (χ3n) is 4.59. The molecule has 0 aromatic heterocycles. The van der Waals surface area contributed by atoms with Crippen molar-refractivity contribution in [1.29, 1.82) is 0 Å². The van der Waals surface area contributed by atoms with Crippen molar-refractivity contribution < 1.29 is 31.1 Å². The number of nitrogens with one attached hydrogen (secondary N) is 1. The first kappa shape index (κ1) is 24.1. The molecule has 3 aromatic carbocycles. The summed E-state index contributed by atoms with van der Waals surface area (Å²) in [6, 6.07) is 17.4. The van der Waals surface area contributed by atoms with Crippen LogP contribution in [0.2, 0.25) is 0 Å². The van der Waals surface area contributed by atoms with Crippen LogP contribution in [0.4, 0.5) is 24.5 Å². The molecule has 1 N–H and O–H groups in total. The summed E-state index contributed by atoms with van der Waals surface area (Å²) in [6.45, 7) is 3.13. The predicted octanol–water partition coefficient (Wildman–Crippen LogP) is 5.04. The molecule has 0 saturated heterocycles. The van der Waals surface area contributed by atoms with Gasteiger partial charge in [-0.25, -0.2) is 8.42 Å². The number of aryl methyl sites for hydroxylation is 2. The first-order chi connectivity index (χ1) is 15.4. The van der Waals surface area contributed by atoms with Gasteiger partial charge in [0.05, 0.1) is 10.6 Å². The van der Waals surface area contributed by atoms with E-state index in [-0.39, 0.29) is 10.6 Å². The molecule has 0 spiro atoms. The highest BCUT2D eigenvalue weighted by molar-refractivity contribution is 7.92. The average molecular weight is 478 g/mol. The molecule has 10 heteroatoms. The molecule has 33 heavy (non-hydrogen) atoms. The lowest BCUT2D eigenvalue weighted by molar-refractivity contribution is -0.274.